The van der Waals surface area contributed by atoms with Crippen molar-refractivity contribution in [3.8, 4) is 0 Å². The molecule has 0 aliphatic carbocycles. The molecule has 0 saturated heterocycles. The third kappa shape index (κ3) is 1.67. The second kappa shape index (κ2) is 3.43. The summed E-state index contributed by atoms with van der Waals surface area (Å²) in [5.41, 5.74) is 0. The van der Waals surface area contributed by atoms with E-state index in [-0.39, 0.29) is 0 Å². The lowest BCUT2D eigenvalue weighted by molar-refractivity contribution is 0.138. The lowest BCUT2D eigenvalue weighted by atomic mass is 10.3. The Balaban J connectivity index is 2.61. The molecule has 0 bridgehead atoms. The van der Waals surface area contributed by atoms with Crippen LogP contribution in [0.3, 0.4) is 0 Å². The number of hydrogen-bond donors (Lipinski definition) is 0. The Morgan fingerprint density at radius 2 is 2.27 bits per heavy atom. The Bertz CT molecular complexity index is 158. The lowest BCUT2D eigenvalue weighted by Gasteiger charge is -2.28. The summed E-state index contributed by atoms with van der Waals surface area (Å²) in [4.78, 5) is 0. The number of halogens is 1. The molecule has 1 heterocycles. The minimum atomic E-state index is 0.384. The molecule has 0 spiro atoms. The average Bonchev–Trinajstić information content (AvgIpc) is 2.30. The van der Waals surface area contributed by atoms with Crippen LogP contribution in [-0.2, 0) is 0 Å². The summed E-state index contributed by atoms with van der Waals surface area (Å²) in [6, 6.07) is 0.471. The Morgan fingerprint density at radius 3 is 2.64 bits per heavy atom. The van der Waals surface area contributed by atoms with Crippen molar-refractivity contribution in [3.63, 3.8) is 0 Å². The maximum atomic E-state index is 4.26. The third-order valence-corrected chi connectivity index (χ3v) is 2.44. The smallest absolute Gasteiger partial charge is 0.129 e. The van der Waals surface area contributed by atoms with Crippen molar-refractivity contribution in [3.05, 3.63) is 0 Å². The number of rotatable bonds is 2. The van der Waals surface area contributed by atoms with Crippen molar-refractivity contribution in [1.29, 1.82) is 0 Å². The van der Waals surface area contributed by atoms with Crippen molar-refractivity contribution in [2.75, 3.05) is 0 Å². The monoisotopic (exact) mass is 219 g/mol. The van der Waals surface area contributed by atoms with Crippen LogP contribution in [0.2, 0.25) is 0 Å². The Hall–Kier alpha value is -0.250. The fourth-order valence-corrected chi connectivity index (χ4v) is 1.77. The maximum absolute atomic E-state index is 4.26. The van der Waals surface area contributed by atoms with E-state index in [0.29, 0.717) is 12.2 Å². The van der Waals surface area contributed by atoms with Crippen LogP contribution in [0.25, 0.3) is 0 Å². The van der Waals surface area contributed by atoms with Gasteiger partial charge in [0.05, 0.1) is 16.1 Å². The van der Waals surface area contributed by atoms with E-state index in [2.05, 4.69) is 47.0 Å². The molecule has 64 valence electrons. The molecule has 0 radical (unpaired) electrons. The normalized spacial score (nSPS) is 23.9. The summed E-state index contributed by atoms with van der Waals surface area (Å²) in [6.45, 7) is 6.45. The van der Waals surface area contributed by atoms with Crippen LogP contribution in [-0.4, -0.2) is 27.5 Å². The largest absolute Gasteiger partial charge is 0.274 e. The number of hydrazone groups is 1. The van der Waals surface area contributed by atoms with Crippen LogP contribution in [0, 0.1) is 0 Å². The van der Waals surface area contributed by atoms with Crippen LogP contribution in [0.4, 0.5) is 0 Å². The van der Waals surface area contributed by atoms with Gasteiger partial charge in [-0.25, -0.2) is 0 Å². The molecule has 1 unspecified atom stereocenters. The zero-order valence-electron chi connectivity index (χ0n) is 7.16. The van der Waals surface area contributed by atoms with Crippen LogP contribution in [0.1, 0.15) is 27.2 Å². The first-order chi connectivity index (χ1) is 5.16. The summed E-state index contributed by atoms with van der Waals surface area (Å²) in [6.07, 6.45) is 3.27. The van der Waals surface area contributed by atoms with E-state index in [1.165, 1.54) is 0 Å². The second-order valence-electron chi connectivity index (χ2n) is 2.94. The summed E-state index contributed by atoms with van der Waals surface area (Å²) < 4.78 is 1.97. The van der Waals surface area contributed by atoms with Gasteiger partial charge in [-0.2, -0.15) is 5.10 Å². The SMILES string of the molecule is CCC1N(Br)C=NN1C(C)C. The molecular formula is C7H14BrN3. The zero-order chi connectivity index (χ0) is 8.43. The number of nitrogens with zero attached hydrogens (tertiary/aromatic N) is 3. The van der Waals surface area contributed by atoms with Gasteiger partial charge in [-0.1, -0.05) is 6.92 Å². The summed E-state index contributed by atoms with van der Waals surface area (Å²) in [7, 11) is 0. The highest BCUT2D eigenvalue weighted by Crippen LogP contribution is 2.20. The Labute approximate surface area is 76.4 Å². The van der Waals surface area contributed by atoms with Crippen molar-refractivity contribution >= 4 is 22.5 Å². The standard InChI is InChI=1S/C7H14BrN3/c1-4-7-10(8)5-9-11(7)6(2)3/h5-7H,4H2,1-3H3. The molecule has 0 N–H and O–H groups in total. The minimum Gasteiger partial charge on any atom is -0.274 e. The highest BCUT2D eigenvalue weighted by atomic mass is 79.9. The van der Waals surface area contributed by atoms with Crippen molar-refractivity contribution in [2.45, 2.75) is 39.4 Å². The quantitative estimate of drug-likeness (QED) is 0.663. The molecule has 0 aromatic carbocycles. The Morgan fingerprint density at radius 1 is 1.64 bits per heavy atom. The Kier molecular flexibility index (Phi) is 2.76. The first-order valence-corrected chi connectivity index (χ1v) is 4.64. The highest BCUT2D eigenvalue weighted by molar-refractivity contribution is 9.07. The molecule has 3 nitrogen and oxygen atoms in total. The van der Waals surface area contributed by atoms with E-state index in [9.17, 15) is 0 Å². The molecule has 1 aliphatic heterocycles. The average molecular weight is 220 g/mol. The van der Waals surface area contributed by atoms with E-state index in [1.807, 2.05) is 10.3 Å². The summed E-state index contributed by atoms with van der Waals surface area (Å²) in [5.74, 6) is 0. The molecule has 0 aromatic heterocycles. The van der Waals surface area contributed by atoms with Gasteiger partial charge in [0.1, 0.15) is 12.5 Å². The fourth-order valence-electron chi connectivity index (χ4n) is 1.21. The zero-order valence-corrected chi connectivity index (χ0v) is 8.74. The van der Waals surface area contributed by atoms with Crippen LogP contribution in [0.15, 0.2) is 5.10 Å². The molecule has 1 atom stereocenters. The predicted molar refractivity (Wildman–Crippen MR) is 50.3 cm³/mol. The van der Waals surface area contributed by atoms with Crippen molar-refractivity contribution < 1.29 is 0 Å². The molecule has 0 fully saturated rings. The summed E-state index contributed by atoms with van der Waals surface area (Å²) in [5, 5.41) is 6.35. The van der Waals surface area contributed by atoms with Gasteiger partial charge in [0.25, 0.3) is 0 Å². The van der Waals surface area contributed by atoms with Crippen LogP contribution >= 0.6 is 16.1 Å². The molecular weight excluding hydrogens is 206 g/mol. The van der Waals surface area contributed by atoms with Gasteiger partial charge in [-0.3, -0.25) is 8.93 Å². The molecule has 1 rings (SSSR count). The van der Waals surface area contributed by atoms with E-state index in [4.69, 9.17) is 0 Å². The van der Waals surface area contributed by atoms with Gasteiger partial charge >= 0.3 is 0 Å². The molecule has 11 heavy (non-hydrogen) atoms. The predicted octanol–water partition coefficient (Wildman–Crippen LogP) is 2.00. The van der Waals surface area contributed by atoms with Gasteiger partial charge in [-0.05, 0) is 20.3 Å². The third-order valence-electron chi connectivity index (χ3n) is 1.78. The van der Waals surface area contributed by atoms with Crippen LogP contribution in [0.5, 0.6) is 0 Å². The van der Waals surface area contributed by atoms with Gasteiger partial charge in [0.15, 0.2) is 0 Å². The minimum absolute atomic E-state index is 0.384. The van der Waals surface area contributed by atoms with E-state index >= 15 is 0 Å². The van der Waals surface area contributed by atoms with Crippen molar-refractivity contribution in [1.82, 2.24) is 8.93 Å². The highest BCUT2D eigenvalue weighted by Gasteiger charge is 2.26. The molecule has 4 heteroatoms. The van der Waals surface area contributed by atoms with Gasteiger partial charge < -0.3 is 0 Å². The van der Waals surface area contributed by atoms with E-state index in [0.717, 1.165) is 6.42 Å². The molecule has 0 aromatic rings. The summed E-state index contributed by atoms with van der Waals surface area (Å²) >= 11 is 3.42. The molecule has 0 amide bonds. The molecule has 1 aliphatic rings. The van der Waals surface area contributed by atoms with Crippen molar-refractivity contribution in [2.24, 2.45) is 5.10 Å². The van der Waals surface area contributed by atoms with Gasteiger partial charge in [0, 0.05) is 6.04 Å². The maximum Gasteiger partial charge on any atom is 0.129 e. The fraction of sp³-hybridized carbons (Fsp3) is 0.857. The second-order valence-corrected chi connectivity index (χ2v) is 3.76. The van der Waals surface area contributed by atoms with Crippen LogP contribution < -0.4 is 0 Å². The molecule has 0 saturated carbocycles. The van der Waals surface area contributed by atoms with E-state index < -0.39 is 0 Å². The van der Waals surface area contributed by atoms with Gasteiger partial charge in [-0.15, -0.1) is 0 Å². The first kappa shape index (κ1) is 8.84. The topological polar surface area (TPSA) is 18.8 Å². The number of hydrogen-bond acceptors (Lipinski definition) is 3. The first-order valence-electron chi connectivity index (χ1n) is 3.93. The van der Waals surface area contributed by atoms with E-state index in [1.54, 1.807) is 0 Å². The lowest BCUT2D eigenvalue weighted by Crippen LogP contribution is -2.37. The van der Waals surface area contributed by atoms with Gasteiger partial charge in [0.2, 0.25) is 0 Å².